The first-order valence-corrected chi connectivity index (χ1v) is 14.7. The molecule has 226 valence electrons. The molecule has 2 amide bonds. The van der Waals surface area contributed by atoms with Crippen LogP contribution >= 0.6 is 0 Å². The molecule has 5 rings (SSSR count). The van der Waals surface area contributed by atoms with Crippen molar-refractivity contribution in [2.24, 2.45) is 0 Å². The zero-order valence-electron chi connectivity index (χ0n) is 24.5. The van der Waals surface area contributed by atoms with Crippen molar-refractivity contribution in [3.63, 3.8) is 0 Å². The van der Waals surface area contributed by atoms with Crippen molar-refractivity contribution in [3.05, 3.63) is 84.7 Å². The monoisotopic (exact) mass is 587 g/mol. The first-order chi connectivity index (χ1) is 21.0. The molecule has 0 fully saturated rings. The Balaban J connectivity index is 1.38. The molecule has 2 aromatic heterocycles. The van der Waals surface area contributed by atoms with Gasteiger partial charge in [-0.2, -0.15) is 5.10 Å². The highest BCUT2D eigenvalue weighted by atomic mass is 19.1. The number of carbonyl (C=O) groups excluding carboxylic acids is 2. The number of benzene rings is 2. The smallest absolute Gasteiger partial charge is 0.241 e. The van der Waals surface area contributed by atoms with Crippen LogP contribution in [0.4, 0.5) is 4.39 Å². The third-order valence-electron chi connectivity index (χ3n) is 7.49. The zero-order chi connectivity index (χ0) is 30.0. The second kappa shape index (κ2) is 14.6. The molecular formula is C32H38FN7O3. The van der Waals surface area contributed by atoms with Crippen LogP contribution in [0.5, 0.6) is 5.75 Å². The van der Waals surface area contributed by atoms with Gasteiger partial charge in [-0.25, -0.2) is 14.1 Å². The van der Waals surface area contributed by atoms with E-state index < -0.39 is 0 Å². The van der Waals surface area contributed by atoms with Crippen molar-refractivity contribution in [3.8, 4) is 22.8 Å². The Labute approximate surface area is 251 Å². The number of halogens is 1. The van der Waals surface area contributed by atoms with Gasteiger partial charge in [-0.05, 0) is 67.8 Å². The highest BCUT2D eigenvalue weighted by Gasteiger charge is 2.17. The molecule has 11 heteroatoms. The average molecular weight is 588 g/mol. The van der Waals surface area contributed by atoms with Gasteiger partial charge in [0.15, 0.2) is 0 Å². The number of nitrogens with one attached hydrogen (secondary N) is 1. The van der Waals surface area contributed by atoms with E-state index in [0.717, 1.165) is 47.8 Å². The molecule has 0 unspecified atom stereocenters. The number of carbonyl (C=O) groups is 2. The van der Waals surface area contributed by atoms with Gasteiger partial charge < -0.3 is 19.5 Å². The molecule has 0 saturated carbocycles. The van der Waals surface area contributed by atoms with E-state index in [2.05, 4.69) is 24.9 Å². The van der Waals surface area contributed by atoms with Crippen LogP contribution in [0.25, 0.3) is 17.1 Å². The third kappa shape index (κ3) is 8.29. The lowest BCUT2D eigenvalue weighted by molar-refractivity contribution is -0.132. The summed E-state index contributed by atoms with van der Waals surface area (Å²) in [5.74, 6) is 0.966. The van der Waals surface area contributed by atoms with Gasteiger partial charge in [0.05, 0.1) is 18.8 Å². The highest BCUT2D eigenvalue weighted by Crippen LogP contribution is 2.24. The number of nitrogens with zero attached hydrogens (tertiary/aromatic N) is 6. The third-order valence-corrected chi connectivity index (χ3v) is 7.49. The summed E-state index contributed by atoms with van der Waals surface area (Å²) in [5.41, 5.74) is 2.64. The molecule has 3 heterocycles. The van der Waals surface area contributed by atoms with Gasteiger partial charge in [-0.15, -0.1) is 0 Å². The molecule has 1 aliphatic rings. The van der Waals surface area contributed by atoms with E-state index in [1.807, 2.05) is 42.7 Å². The topological polar surface area (TPSA) is 97.5 Å². The van der Waals surface area contributed by atoms with Crippen molar-refractivity contribution < 1.29 is 18.7 Å². The van der Waals surface area contributed by atoms with E-state index in [-0.39, 0.29) is 24.2 Å². The van der Waals surface area contributed by atoms with Crippen LogP contribution in [0.1, 0.15) is 31.7 Å². The van der Waals surface area contributed by atoms with Gasteiger partial charge >= 0.3 is 0 Å². The number of fused-ring (bicyclic) bond motifs is 4. The second-order valence-electron chi connectivity index (χ2n) is 10.7. The van der Waals surface area contributed by atoms with Gasteiger partial charge in [-0.3, -0.25) is 14.5 Å². The maximum absolute atomic E-state index is 14.4. The summed E-state index contributed by atoms with van der Waals surface area (Å²) in [6, 6.07) is 14.5. The fourth-order valence-corrected chi connectivity index (χ4v) is 5.31. The Morgan fingerprint density at radius 2 is 1.81 bits per heavy atom. The van der Waals surface area contributed by atoms with E-state index in [4.69, 9.17) is 4.74 Å². The molecule has 2 bridgehead atoms. The molecule has 2 aromatic carbocycles. The number of amides is 2. The van der Waals surface area contributed by atoms with Crippen LogP contribution < -0.4 is 10.1 Å². The second-order valence-corrected chi connectivity index (χ2v) is 10.7. The molecule has 43 heavy (non-hydrogen) atoms. The number of hydrogen-bond acceptors (Lipinski definition) is 6. The van der Waals surface area contributed by atoms with Crippen molar-refractivity contribution in [2.45, 2.75) is 39.3 Å². The van der Waals surface area contributed by atoms with Crippen LogP contribution in [0.2, 0.25) is 0 Å². The van der Waals surface area contributed by atoms with Crippen LogP contribution in [-0.4, -0.2) is 80.3 Å². The summed E-state index contributed by atoms with van der Waals surface area (Å²) < 4.78 is 24.4. The van der Waals surface area contributed by atoms with Crippen LogP contribution in [-0.2, 0) is 22.7 Å². The molecule has 0 aliphatic carbocycles. The van der Waals surface area contributed by atoms with Crippen LogP contribution in [0, 0.1) is 5.82 Å². The van der Waals surface area contributed by atoms with E-state index in [1.165, 1.54) is 13.0 Å². The molecular weight excluding hydrogens is 549 g/mol. The summed E-state index contributed by atoms with van der Waals surface area (Å²) >= 11 is 0. The Morgan fingerprint density at radius 1 is 0.953 bits per heavy atom. The van der Waals surface area contributed by atoms with Gasteiger partial charge in [0.2, 0.25) is 11.8 Å². The predicted octanol–water partition coefficient (Wildman–Crippen LogP) is 3.90. The molecule has 10 nitrogen and oxygen atoms in total. The molecule has 0 saturated heterocycles. The van der Waals surface area contributed by atoms with E-state index in [9.17, 15) is 14.0 Å². The number of aromatic nitrogens is 4. The Kier molecular flexibility index (Phi) is 10.2. The summed E-state index contributed by atoms with van der Waals surface area (Å²) in [7, 11) is 0. The summed E-state index contributed by atoms with van der Waals surface area (Å²) in [5, 5.41) is 6.99. The summed E-state index contributed by atoms with van der Waals surface area (Å²) in [6.45, 7) is 5.64. The van der Waals surface area contributed by atoms with E-state index >= 15 is 0 Å². The quantitative estimate of drug-likeness (QED) is 0.381. The van der Waals surface area contributed by atoms with Crippen LogP contribution in [0.3, 0.4) is 0 Å². The van der Waals surface area contributed by atoms with Gasteiger partial charge in [0.25, 0.3) is 0 Å². The molecule has 1 N–H and O–H groups in total. The maximum atomic E-state index is 14.4. The minimum absolute atomic E-state index is 0.0222. The molecule has 0 spiro atoms. The van der Waals surface area contributed by atoms with Crippen molar-refractivity contribution in [2.75, 3.05) is 39.3 Å². The normalized spacial score (nSPS) is 15.3. The van der Waals surface area contributed by atoms with Gasteiger partial charge in [0.1, 0.15) is 17.4 Å². The fraction of sp³-hybridized carbons (Fsp3) is 0.375. The predicted molar refractivity (Wildman–Crippen MR) is 161 cm³/mol. The molecule has 4 aromatic rings. The van der Waals surface area contributed by atoms with Gasteiger partial charge in [-0.1, -0.05) is 12.1 Å². The molecule has 0 atom stereocenters. The van der Waals surface area contributed by atoms with E-state index in [0.29, 0.717) is 45.8 Å². The Hall–Kier alpha value is -4.51. The highest BCUT2D eigenvalue weighted by molar-refractivity contribution is 5.83. The Bertz CT molecular complexity index is 1500. The molecule has 0 radical (unpaired) electrons. The molecule has 1 aliphatic heterocycles. The summed E-state index contributed by atoms with van der Waals surface area (Å²) in [6.07, 6.45) is 9.63. The van der Waals surface area contributed by atoms with Crippen molar-refractivity contribution in [1.82, 2.24) is 34.4 Å². The SMILES string of the molecule is CC(=O)NCC(=O)N1CCCCN(Cc2cc(F)ccc2-n2cccn2)CCn2ccnc2-c2cccc(c2)OCCC1. The maximum Gasteiger partial charge on any atom is 0.241 e. The lowest BCUT2D eigenvalue weighted by Crippen LogP contribution is -2.41. The first kappa shape index (κ1) is 30.0. The number of rotatable bonds is 5. The van der Waals surface area contributed by atoms with E-state index in [1.54, 1.807) is 34.1 Å². The number of imidazole rings is 1. The minimum Gasteiger partial charge on any atom is -0.494 e. The van der Waals surface area contributed by atoms with Crippen LogP contribution in [0.15, 0.2) is 73.3 Å². The minimum atomic E-state index is -0.288. The largest absolute Gasteiger partial charge is 0.494 e. The average Bonchev–Trinajstić information content (AvgIpc) is 3.70. The van der Waals surface area contributed by atoms with Crippen molar-refractivity contribution in [1.29, 1.82) is 0 Å². The zero-order valence-corrected chi connectivity index (χ0v) is 24.5. The fourth-order valence-electron chi connectivity index (χ4n) is 5.31. The Morgan fingerprint density at radius 3 is 2.65 bits per heavy atom. The lowest BCUT2D eigenvalue weighted by Gasteiger charge is -2.26. The number of ether oxygens (including phenoxy) is 1. The summed E-state index contributed by atoms with van der Waals surface area (Å²) in [4.78, 5) is 33.1. The lowest BCUT2D eigenvalue weighted by atomic mass is 10.1. The number of hydrogen-bond donors (Lipinski definition) is 1. The standard InChI is InChI=1S/C32H38FN7O3/c1-25(41)35-23-31(42)38-14-3-2-13-37(24-27-21-28(33)9-10-30(27)40-16-5-11-36-40)18-19-39-17-12-34-32(39)26-7-4-8-29(22-26)43-20-6-15-38/h4-5,7-12,16-17,21-22H,2-3,6,13-15,18-20,23-24H2,1H3,(H,35,41). The van der Waals surface area contributed by atoms with Crippen molar-refractivity contribution >= 4 is 11.8 Å². The van der Waals surface area contributed by atoms with Gasteiger partial charge in [0, 0.05) is 70.0 Å². The first-order valence-electron chi connectivity index (χ1n) is 14.7.